The molecule has 1 heterocycles. The molecular weight excluding hydrogens is 448 g/mol. The molecule has 0 radical (unpaired) electrons. The quantitative estimate of drug-likeness (QED) is 0.382. The van der Waals surface area contributed by atoms with Crippen LogP contribution in [0.5, 0.6) is 5.75 Å². The van der Waals surface area contributed by atoms with Crippen molar-refractivity contribution in [2.45, 2.75) is 12.1 Å². The number of methoxy groups -OCH3 is 1. The molecule has 36 heavy (non-hydrogen) atoms. The lowest BCUT2D eigenvalue weighted by molar-refractivity contribution is 0.0279. The van der Waals surface area contributed by atoms with E-state index in [1.807, 2.05) is 66.7 Å². The summed E-state index contributed by atoms with van der Waals surface area (Å²) in [6.07, 6.45) is 0. The topological polar surface area (TPSA) is 49.9 Å². The molecule has 2 aliphatic rings. The van der Waals surface area contributed by atoms with Crippen molar-refractivity contribution in [1.82, 2.24) is 9.80 Å². The molecule has 4 aromatic rings. The Bertz CT molecular complexity index is 1430. The first kappa shape index (κ1) is 22.7. The predicted molar refractivity (Wildman–Crippen MR) is 141 cm³/mol. The number of nitrogens with zero attached hydrogens (tertiary/aromatic N) is 2. The number of para-hydroxylation sites is 1. The molecule has 0 atom stereocenters. The second-order valence-corrected chi connectivity index (χ2v) is 9.55. The first-order valence-electron chi connectivity index (χ1n) is 12.4. The van der Waals surface area contributed by atoms with Crippen LogP contribution in [0.4, 0.5) is 0 Å². The molecule has 180 valence electrons. The van der Waals surface area contributed by atoms with Gasteiger partial charge in [0.2, 0.25) is 0 Å². The van der Waals surface area contributed by atoms with Crippen LogP contribution in [0.25, 0.3) is 10.8 Å². The maximum Gasteiger partial charge on any atom is 0.196 e. The average molecular weight is 477 g/mol. The minimum atomic E-state index is -1.33. The predicted octanol–water partition coefficient (Wildman–Crippen LogP) is 4.94. The molecule has 6 rings (SSSR count). The molecule has 5 nitrogen and oxygen atoms in total. The minimum Gasteiger partial charge on any atom is -0.496 e. The molecule has 0 saturated carbocycles. The Morgan fingerprint density at radius 2 is 1.33 bits per heavy atom. The highest BCUT2D eigenvalue weighted by atomic mass is 16.5. The van der Waals surface area contributed by atoms with Gasteiger partial charge in [0.1, 0.15) is 5.75 Å². The zero-order chi connectivity index (χ0) is 24.7. The van der Waals surface area contributed by atoms with Crippen molar-refractivity contribution in [3.63, 3.8) is 0 Å². The lowest BCUT2D eigenvalue weighted by Crippen LogP contribution is -2.60. The molecule has 4 aromatic carbocycles. The van der Waals surface area contributed by atoms with Crippen molar-refractivity contribution in [3.05, 3.63) is 113 Å². The Balaban J connectivity index is 1.36. The molecule has 0 aromatic heterocycles. The molecule has 0 bridgehead atoms. The van der Waals surface area contributed by atoms with E-state index >= 15 is 0 Å². The van der Waals surface area contributed by atoms with Gasteiger partial charge in [0.05, 0.1) is 7.11 Å². The third-order valence-corrected chi connectivity index (χ3v) is 7.67. The number of hydrogen-bond donors (Lipinski definition) is 0. The standard InChI is InChI=1S/C31H28N2O3/c1-36-28-13-7-4-10-24(28)21-32-16-18-33(19-17-32)31(25-15-14-22-8-2-3-9-23(22)20-25)29(34)26-11-5-6-12-27(26)30(31)35/h2-15,20H,16-19,21H2,1H3. The van der Waals surface area contributed by atoms with Crippen LogP contribution >= 0.6 is 0 Å². The summed E-state index contributed by atoms with van der Waals surface area (Å²) in [6, 6.07) is 29.4. The second kappa shape index (κ2) is 9.01. The van der Waals surface area contributed by atoms with Crippen LogP contribution in [0, 0.1) is 0 Å². The number of fused-ring (bicyclic) bond motifs is 2. The van der Waals surface area contributed by atoms with Gasteiger partial charge in [-0.3, -0.25) is 19.4 Å². The fourth-order valence-corrected chi connectivity index (χ4v) is 5.83. The zero-order valence-electron chi connectivity index (χ0n) is 20.3. The van der Waals surface area contributed by atoms with Gasteiger partial charge in [-0.15, -0.1) is 0 Å². The number of hydrogen-bond acceptors (Lipinski definition) is 5. The number of ketones is 2. The second-order valence-electron chi connectivity index (χ2n) is 9.55. The number of benzene rings is 4. The van der Waals surface area contributed by atoms with E-state index in [-0.39, 0.29) is 11.6 Å². The van der Waals surface area contributed by atoms with Crippen molar-refractivity contribution >= 4 is 22.3 Å². The van der Waals surface area contributed by atoms with E-state index in [0.717, 1.165) is 47.3 Å². The van der Waals surface area contributed by atoms with E-state index in [9.17, 15) is 9.59 Å². The number of carbonyl (C=O) groups excluding carboxylic acids is 2. The van der Waals surface area contributed by atoms with Crippen molar-refractivity contribution in [3.8, 4) is 5.75 Å². The van der Waals surface area contributed by atoms with Crippen LogP contribution in [-0.4, -0.2) is 54.7 Å². The summed E-state index contributed by atoms with van der Waals surface area (Å²) in [5.41, 5.74) is 1.60. The Kier molecular flexibility index (Phi) is 5.67. The molecule has 1 aliphatic heterocycles. The van der Waals surface area contributed by atoms with Crippen molar-refractivity contribution in [2.24, 2.45) is 0 Å². The summed E-state index contributed by atoms with van der Waals surface area (Å²) in [6.45, 7) is 3.51. The number of rotatable bonds is 5. The highest BCUT2D eigenvalue weighted by molar-refractivity contribution is 6.33. The SMILES string of the molecule is COc1ccccc1CN1CCN(C2(c3ccc4ccccc4c3)C(=O)c3ccccc3C2=O)CC1. The highest BCUT2D eigenvalue weighted by Gasteiger charge is 2.58. The summed E-state index contributed by atoms with van der Waals surface area (Å²) in [7, 11) is 1.69. The third kappa shape index (κ3) is 3.47. The summed E-state index contributed by atoms with van der Waals surface area (Å²) in [5.74, 6) is 0.650. The fraction of sp³-hybridized carbons (Fsp3) is 0.226. The molecule has 0 unspecified atom stereocenters. The smallest absolute Gasteiger partial charge is 0.196 e. The Morgan fingerprint density at radius 1 is 0.722 bits per heavy atom. The van der Waals surface area contributed by atoms with E-state index in [4.69, 9.17) is 4.74 Å². The van der Waals surface area contributed by atoms with E-state index < -0.39 is 5.54 Å². The van der Waals surface area contributed by atoms with Gasteiger partial charge in [-0.05, 0) is 28.5 Å². The van der Waals surface area contributed by atoms with Gasteiger partial charge in [0.15, 0.2) is 17.1 Å². The van der Waals surface area contributed by atoms with E-state index in [1.54, 1.807) is 19.2 Å². The Labute approximate surface area is 210 Å². The molecule has 0 N–H and O–H groups in total. The summed E-state index contributed by atoms with van der Waals surface area (Å²) in [4.78, 5) is 32.7. The molecule has 1 fully saturated rings. The van der Waals surface area contributed by atoms with Gasteiger partial charge < -0.3 is 4.74 Å². The van der Waals surface area contributed by atoms with Gasteiger partial charge >= 0.3 is 0 Å². The molecular formula is C31H28N2O3. The van der Waals surface area contributed by atoms with Crippen LogP contribution in [0.15, 0.2) is 91.0 Å². The summed E-state index contributed by atoms with van der Waals surface area (Å²) < 4.78 is 5.54. The normalized spacial score (nSPS) is 17.9. The van der Waals surface area contributed by atoms with Crippen LogP contribution in [-0.2, 0) is 12.1 Å². The number of ether oxygens (including phenoxy) is 1. The van der Waals surface area contributed by atoms with Crippen molar-refractivity contribution in [1.29, 1.82) is 0 Å². The Morgan fingerprint density at radius 3 is 2.03 bits per heavy atom. The van der Waals surface area contributed by atoms with Gasteiger partial charge in [0.25, 0.3) is 0 Å². The lowest BCUT2D eigenvalue weighted by Gasteiger charge is -2.44. The number of carbonyl (C=O) groups is 2. The van der Waals surface area contributed by atoms with Gasteiger partial charge in [-0.25, -0.2) is 0 Å². The minimum absolute atomic E-state index is 0.114. The lowest BCUT2D eigenvalue weighted by atomic mass is 9.81. The summed E-state index contributed by atoms with van der Waals surface area (Å²) >= 11 is 0. The van der Waals surface area contributed by atoms with Crippen LogP contribution < -0.4 is 4.74 Å². The van der Waals surface area contributed by atoms with E-state index in [1.165, 1.54) is 0 Å². The van der Waals surface area contributed by atoms with Crippen LogP contribution in [0.1, 0.15) is 31.8 Å². The van der Waals surface area contributed by atoms with Gasteiger partial charge in [-0.2, -0.15) is 0 Å². The maximum absolute atomic E-state index is 14.1. The van der Waals surface area contributed by atoms with Gasteiger partial charge in [0, 0.05) is 49.4 Å². The Hall–Kier alpha value is -3.80. The molecule has 0 spiro atoms. The highest BCUT2D eigenvalue weighted by Crippen LogP contribution is 2.43. The maximum atomic E-state index is 14.1. The molecule has 0 amide bonds. The average Bonchev–Trinajstić information content (AvgIpc) is 3.16. The first-order valence-corrected chi connectivity index (χ1v) is 12.4. The fourth-order valence-electron chi connectivity index (χ4n) is 5.83. The first-order chi connectivity index (χ1) is 17.6. The van der Waals surface area contributed by atoms with Crippen molar-refractivity contribution < 1.29 is 14.3 Å². The largest absolute Gasteiger partial charge is 0.496 e. The van der Waals surface area contributed by atoms with Gasteiger partial charge in [-0.1, -0.05) is 78.9 Å². The number of Topliss-reactive ketones (excluding diaryl/α,β-unsaturated/α-hetero) is 2. The van der Waals surface area contributed by atoms with Crippen LogP contribution in [0.2, 0.25) is 0 Å². The molecule has 1 saturated heterocycles. The zero-order valence-corrected chi connectivity index (χ0v) is 20.3. The molecule has 5 heteroatoms. The van der Waals surface area contributed by atoms with E-state index in [2.05, 4.69) is 21.9 Å². The number of piperazine rings is 1. The van der Waals surface area contributed by atoms with Crippen molar-refractivity contribution in [2.75, 3.05) is 33.3 Å². The summed E-state index contributed by atoms with van der Waals surface area (Å²) in [5, 5.41) is 2.12. The molecule has 1 aliphatic carbocycles. The monoisotopic (exact) mass is 476 g/mol. The van der Waals surface area contributed by atoms with E-state index in [0.29, 0.717) is 24.2 Å². The third-order valence-electron chi connectivity index (χ3n) is 7.67. The van der Waals surface area contributed by atoms with Crippen LogP contribution in [0.3, 0.4) is 0 Å².